The highest BCUT2D eigenvalue weighted by molar-refractivity contribution is 4.91. The summed E-state index contributed by atoms with van der Waals surface area (Å²) < 4.78 is 0. The van der Waals surface area contributed by atoms with E-state index in [2.05, 4.69) is 12.2 Å². The first kappa shape index (κ1) is 10.1. The van der Waals surface area contributed by atoms with Gasteiger partial charge in [0.2, 0.25) is 0 Å². The SMILES string of the molecule is CC1CCC(NCC2CC3CCC2C3)C1. The van der Waals surface area contributed by atoms with Gasteiger partial charge in [-0.15, -0.1) is 0 Å². The summed E-state index contributed by atoms with van der Waals surface area (Å²) in [7, 11) is 0. The molecule has 1 nitrogen and oxygen atoms in total. The van der Waals surface area contributed by atoms with E-state index in [4.69, 9.17) is 0 Å². The molecule has 3 rings (SSSR count). The van der Waals surface area contributed by atoms with E-state index in [1.165, 1.54) is 32.2 Å². The van der Waals surface area contributed by atoms with Crippen molar-refractivity contribution >= 4 is 0 Å². The fourth-order valence-corrected chi connectivity index (χ4v) is 4.34. The van der Waals surface area contributed by atoms with Crippen molar-refractivity contribution in [3.8, 4) is 0 Å². The maximum absolute atomic E-state index is 3.84. The molecule has 0 spiro atoms. The largest absolute Gasteiger partial charge is 0.314 e. The first-order valence-corrected chi connectivity index (χ1v) is 7.04. The van der Waals surface area contributed by atoms with Crippen LogP contribution in [0.1, 0.15) is 51.9 Å². The van der Waals surface area contributed by atoms with Gasteiger partial charge in [-0.05, 0) is 68.7 Å². The Bertz CT molecular complexity index is 225. The first-order valence-electron chi connectivity index (χ1n) is 7.04. The molecule has 0 aromatic carbocycles. The van der Waals surface area contributed by atoms with Crippen LogP contribution in [0.25, 0.3) is 0 Å². The van der Waals surface area contributed by atoms with Gasteiger partial charge in [0, 0.05) is 6.04 Å². The minimum absolute atomic E-state index is 0.860. The third-order valence-electron chi connectivity index (χ3n) is 5.25. The van der Waals surface area contributed by atoms with Gasteiger partial charge in [0.15, 0.2) is 0 Å². The molecule has 0 amide bonds. The highest BCUT2D eigenvalue weighted by Gasteiger charge is 2.39. The number of nitrogens with one attached hydrogen (secondary N) is 1. The number of fused-ring (bicyclic) bond motifs is 2. The van der Waals surface area contributed by atoms with Gasteiger partial charge < -0.3 is 5.32 Å². The maximum Gasteiger partial charge on any atom is 0.00698 e. The Morgan fingerprint density at radius 2 is 1.93 bits per heavy atom. The summed E-state index contributed by atoms with van der Waals surface area (Å²) in [6.07, 6.45) is 10.5. The molecule has 5 unspecified atom stereocenters. The van der Waals surface area contributed by atoms with Crippen molar-refractivity contribution in [3.05, 3.63) is 0 Å². The number of hydrogen-bond donors (Lipinski definition) is 1. The lowest BCUT2D eigenvalue weighted by Crippen LogP contribution is -2.33. The second-order valence-electron chi connectivity index (χ2n) is 6.46. The second kappa shape index (κ2) is 4.08. The Labute approximate surface area is 94.0 Å². The van der Waals surface area contributed by atoms with Crippen molar-refractivity contribution in [3.63, 3.8) is 0 Å². The van der Waals surface area contributed by atoms with Crippen molar-refractivity contribution in [2.75, 3.05) is 6.54 Å². The maximum atomic E-state index is 3.84. The molecule has 15 heavy (non-hydrogen) atoms. The lowest BCUT2D eigenvalue weighted by molar-refractivity contribution is 0.305. The van der Waals surface area contributed by atoms with Crippen LogP contribution in [0.2, 0.25) is 0 Å². The third-order valence-corrected chi connectivity index (χ3v) is 5.25. The molecule has 0 saturated heterocycles. The van der Waals surface area contributed by atoms with E-state index < -0.39 is 0 Å². The average molecular weight is 207 g/mol. The van der Waals surface area contributed by atoms with Gasteiger partial charge >= 0.3 is 0 Å². The van der Waals surface area contributed by atoms with Crippen LogP contribution in [0.5, 0.6) is 0 Å². The van der Waals surface area contributed by atoms with Gasteiger partial charge in [-0.25, -0.2) is 0 Å². The molecular weight excluding hydrogens is 182 g/mol. The second-order valence-corrected chi connectivity index (χ2v) is 6.46. The molecule has 3 aliphatic rings. The molecule has 3 aliphatic carbocycles. The summed E-state index contributed by atoms with van der Waals surface area (Å²) in [6.45, 7) is 3.73. The van der Waals surface area contributed by atoms with Gasteiger partial charge in [0.05, 0.1) is 0 Å². The van der Waals surface area contributed by atoms with Crippen LogP contribution >= 0.6 is 0 Å². The van der Waals surface area contributed by atoms with Crippen molar-refractivity contribution in [1.82, 2.24) is 5.32 Å². The molecule has 0 aliphatic heterocycles. The molecule has 3 saturated carbocycles. The lowest BCUT2D eigenvalue weighted by Gasteiger charge is -2.24. The summed E-state index contributed by atoms with van der Waals surface area (Å²) in [6, 6.07) is 0.860. The molecule has 1 heteroatoms. The summed E-state index contributed by atoms with van der Waals surface area (Å²) in [5.74, 6) is 4.23. The first-order chi connectivity index (χ1) is 7.31. The van der Waals surface area contributed by atoms with E-state index in [9.17, 15) is 0 Å². The van der Waals surface area contributed by atoms with Gasteiger partial charge in [-0.2, -0.15) is 0 Å². The van der Waals surface area contributed by atoms with Gasteiger partial charge in [-0.1, -0.05) is 13.3 Å². The quantitative estimate of drug-likeness (QED) is 0.749. The van der Waals surface area contributed by atoms with E-state index >= 15 is 0 Å². The van der Waals surface area contributed by atoms with Crippen molar-refractivity contribution in [2.45, 2.75) is 57.9 Å². The highest BCUT2D eigenvalue weighted by Crippen LogP contribution is 2.48. The van der Waals surface area contributed by atoms with E-state index in [1.54, 1.807) is 19.3 Å². The normalized spacial score (nSPS) is 49.0. The van der Waals surface area contributed by atoms with E-state index in [-0.39, 0.29) is 0 Å². The van der Waals surface area contributed by atoms with Gasteiger partial charge in [-0.3, -0.25) is 0 Å². The minimum Gasteiger partial charge on any atom is -0.314 e. The molecule has 0 radical (unpaired) electrons. The zero-order chi connectivity index (χ0) is 10.3. The van der Waals surface area contributed by atoms with Crippen LogP contribution in [0.3, 0.4) is 0 Å². The van der Waals surface area contributed by atoms with Crippen LogP contribution in [-0.2, 0) is 0 Å². The predicted octanol–water partition coefficient (Wildman–Crippen LogP) is 3.20. The molecule has 0 aromatic heterocycles. The average Bonchev–Trinajstić information content (AvgIpc) is 2.90. The van der Waals surface area contributed by atoms with Crippen LogP contribution in [0.15, 0.2) is 0 Å². The van der Waals surface area contributed by atoms with E-state index in [0.29, 0.717) is 0 Å². The fourth-order valence-electron chi connectivity index (χ4n) is 4.34. The molecule has 0 aromatic rings. The van der Waals surface area contributed by atoms with E-state index in [0.717, 1.165) is 29.7 Å². The zero-order valence-corrected chi connectivity index (χ0v) is 10.0. The predicted molar refractivity (Wildman–Crippen MR) is 63.7 cm³/mol. The summed E-state index contributed by atoms with van der Waals surface area (Å²) in [5.41, 5.74) is 0. The topological polar surface area (TPSA) is 12.0 Å². The molecule has 1 N–H and O–H groups in total. The Balaban J connectivity index is 1.43. The summed E-state index contributed by atoms with van der Waals surface area (Å²) >= 11 is 0. The van der Waals surface area contributed by atoms with Crippen LogP contribution < -0.4 is 5.32 Å². The van der Waals surface area contributed by atoms with Crippen LogP contribution in [-0.4, -0.2) is 12.6 Å². The molecule has 5 atom stereocenters. The Hall–Kier alpha value is -0.0400. The van der Waals surface area contributed by atoms with Crippen LogP contribution in [0, 0.1) is 23.7 Å². The van der Waals surface area contributed by atoms with Crippen molar-refractivity contribution in [1.29, 1.82) is 0 Å². The molecular formula is C14H25N. The Kier molecular flexibility index (Phi) is 2.76. The molecule has 2 bridgehead atoms. The number of hydrogen-bond acceptors (Lipinski definition) is 1. The van der Waals surface area contributed by atoms with E-state index in [1.807, 2.05) is 0 Å². The highest BCUT2D eigenvalue weighted by atomic mass is 14.9. The summed E-state index contributed by atoms with van der Waals surface area (Å²) in [5, 5.41) is 3.84. The van der Waals surface area contributed by atoms with Crippen molar-refractivity contribution < 1.29 is 0 Å². The smallest absolute Gasteiger partial charge is 0.00698 e. The minimum atomic E-state index is 0.860. The molecule has 0 heterocycles. The Morgan fingerprint density at radius 3 is 2.53 bits per heavy atom. The third kappa shape index (κ3) is 2.08. The standard InChI is InChI=1S/C14H25N/c1-10-2-5-14(6-10)15-9-13-8-11-3-4-12(13)7-11/h10-15H,2-9H2,1H3. The van der Waals surface area contributed by atoms with Gasteiger partial charge in [0.1, 0.15) is 0 Å². The molecule has 86 valence electrons. The fraction of sp³-hybridized carbons (Fsp3) is 1.00. The zero-order valence-electron chi connectivity index (χ0n) is 10.0. The number of rotatable bonds is 3. The monoisotopic (exact) mass is 207 g/mol. The lowest BCUT2D eigenvalue weighted by atomic mass is 9.88. The van der Waals surface area contributed by atoms with Crippen LogP contribution in [0.4, 0.5) is 0 Å². The summed E-state index contributed by atoms with van der Waals surface area (Å²) in [4.78, 5) is 0. The Morgan fingerprint density at radius 1 is 1.00 bits per heavy atom. The van der Waals surface area contributed by atoms with Crippen molar-refractivity contribution in [2.24, 2.45) is 23.7 Å². The molecule has 3 fully saturated rings. The van der Waals surface area contributed by atoms with Gasteiger partial charge in [0.25, 0.3) is 0 Å².